The summed E-state index contributed by atoms with van der Waals surface area (Å²) in [6, 6.07) is 56.6. The van der Waals surface area contributed by atoms with Crippen LogP contribution in [-0.4, -0.2) is 37.4 Å². The maximum atomic E-state index is 14.8. The molecule has 3 aliphatic rings. The molecule has 2 aromatic heterocycles. The number of ether oxygens (including phenoxy) is 2. The fraction of sp³-hybridized carbons (Fsp3) is 0.143. The van der Waals surface area contributed by atoms with E-state index in [9.17, 15) is 4.57 Å². The maximum Gasteiger partial charge on any atom is 0.494 e. The zero-order valence-corrected chi connectivity index (χ0v) is 38.9. The molecule has 8 aromatic carbocycles. The normalized spacial score (nSPS) is 15.1. The Morgan fingerprint density at radius 3 is 1.55 bits per heavy atom. The van der Waals surface area contributed by atoms with Crippen LogP contribution in [0.5, 0.6) is 23.0 Å². The molecule has 328 valence electrons. The van der Waals surface area contributed by atoms with E-state index in [0.29, 0.717) is 0 Å². The minimum Gasteiger partial charge on any atom is -0.453 e. The fourth-order valence-corrected chi connectivity index (χ4v) is 12.3. The molecule has 1 fully saturated rings. The lowest BCUT2D eigenvalue weighted by Gasteiger charge is -2.32. The molecule has 0 saturated carbocycles. The van der Waals surface area contributed by atoms with Gasteiger partial charge in [-0.05, 0) is 130 Å². The highest BCUT2D eigenvalue weighted by molar-refractivity contribution is 7.85. The summed E-state index contributed by atoms with van der Waals surface area (Å²) >= 11 is 0. The maximum absolute atomic E-state index is 14.8. The van der Waals surface area contributed by atoms with Gasteiger partial charge in [-0.25, -0.2) is 9.97 Å². The molecule has 3 aliphatic heterocycles. The predicted molar refractivity (Wildman–Crippen MR) is 270 cm³/mol. The van der Waals surface area contributed by atoms with E-state index in [-0.39, 0.29) is 11.2 Å². The Morgan fingerprint density at radius 1 is 0.478 bits per heavy atom. The summed E-state index contributed by atoms with van der Waals surface area (Å²) in [7, 11) is -3.44. The summed E-state index contributed by atoms with van der Waals surface area (Å²) in [6.07, 6.45) is 0. The smallest absolute Gasteiger partial charge is 0.453 e. The van der Waals surface area contributed by atoms with Crippen molar-refractivity contribution in [2.24, 2.45) is 0 Å². The average Bonchev–Trinajstić information content (AvgIpc) is 3.95. The van der Waals surface area contributed by atoms with Crippen molar-refractivity contribution in [2.75, 3.05) is 0 Å². The topological polar surface area (TPSA) is 89.6 Å². The van der Waals surface area contributed by atoms with Crippen molar-refractivity contribution in [3.05, 3.63) is 182 Å². The lowest BCUT2D eigenvalue weighted by Crippen LogP contribution is -2.41. The number of imidazole rings is 2. The Labute approximate surface area is 389 Å². The molecule has 0 bridgehead atoms. The van der Waals surface area contributed by atoms with E-state index in [0.717, 1.165) is 111 Å². The molecule has 9 nitrogen and oxygen atoms in total. The Balaban J connectivity index is 0.000000155. The third-order valence-corrected chi connectivity index (χ3v) is 16.8. The summed E-state index contributed by atoms with van der Waals surface area (Å²) in [5.41, 5.74) is 8.28. The van der Waals surface area contributed by atoms with Gasteiger partial charge in [0, 0.05) is 15.9 Å². The van der Waals surface area contributed by atoms with Gasteiger partial charge < -0.3 is 23.3 Å². The first-order chi connectivity index (χ1) is 32.4. The predicted octanol–water partition coefficient (Wildman–Crippen LogP) is 11.6. The van der Waals surface area contributed by atoms with Crippen molar-refractivity contribution >= 4 is 68.5 Å². The Morgan fingerprint density at radius 2 is 0.970 bits per heavy atom. The summed E-state index contributed by atoms with van der Waals surface area (Å²) in [5.74, 6) is 5.13. The van der Waals surface area contributed by atoms with Crippen LogP contribution in [0.15, 0.2) is 170 Å². The Hall–Kier alpha value is -7.23. The molecule has 0 atom stereocenters. The second kappa shape index (κ2) is 15.2. The highest BCUT2D eigenvalue weighted by Gasteiger charge is 2.52. The first-order valence-corrected chi connectivity index (χ1v) is 24.3. The molecular formula is C56H46BN4O5P. The number of hydrogen-bond donors (Lipinski definition) is 0. The van der Waals surface area contributed by atoms with Crippen LogP contribution in [0.1, 0.15) is 39.3 Å². The van der Waals surface area contributed by atoms with Crippen LogP contribution in [0.2, 0.25) is 0 Å². The van der Waals surface area contributed by atoms with Crippen LogP contribution < -0.4 is 30.9 Å². The Kier molecular flexibility index (Phi) is 9.32. The van der Waals surface area contributed by atoms with Gasteiger partial charge >= 0.3 is 7.12 Å². The van der Waals surface area contributed by atoms with Gasteiger partial charge in [-0.2, -0.15) is 0 Å². The van der Waals surface area contributed by atoms with Crippen LogP contribution in [0.4, 0.5) is 0 Å². The zero-order valence-electron chi connectivity index (χ0n) is 38.0. The van der Waals surface area contributed by atoms with E-state index in [1.54, 1.807) is 0 Å². The van der Waals surface area contributed by atoms with Gasteiger partial charge in [-0.3, -0.25) is 9.13 Å². The minimum atomic E-state index is -3.03. The molecule has 0 aliphatic carbocycles. The van der Waals surface area contributed by atoms with E-state index >= 15 is 0 Å². The van der Waals surface area contributed by atoms with E-state index in [4.69, 9.17) is 23.8 Å². The van der Waals surface area contributed by atoms with E-state index in [1.165, 1.54) is 0 Å². The molecule has 10 aromatic rings. The van der Waals surface area contributed by atoms with Crippen molar-refractivity contribution in [3.63, 3.8) is 0 Å². The molecule has 0 amide bonds. The fourth-order valence-electron chi connectivity index (χ4n) is 9.63. The third kappa shape index (κ3) is 6.57. The van der Waals surface area contributed by atoms with Gasteiger partial charge in [-0.15, -0.1) is 0 Å². The van der Waals surface area contributed by atoms with Crippen LogP contribution in [0.25, 0.3) is 55.3 Å². The second-order valence-corrected chi connectivity index (χ2v) is 21.2. The molecule has 1 saturated heterocycles. The number of nitrogens with zero attached hydrogens (tertiary/aromatic N) is 4. The number of hydrogen-bond acceptors (Lipinski definition) is 7. The van der Waals surface area contributed by atoms with Crippen molar-refractivity contribution in [1.29, 1.82) is 0 Å². The number of aryl methyl sites for hydroxylation is 2. The van der Waals surface area contributed by atoms with E-state index < -0.39 is 14.3 Å². The molecule has 0 radical (unpaired) electrons. The van der Waals surface area contributed by atoms with Gasteiger partial charge in [0.15, 0.2) is 30.1 Å². The highest BCUT2D eigenvalue weighted by atomic mass is 31.2. The number of fused-ring (bicyclic) bond motifs is 5. The highest BCUT2D eigenvalue weighted by Crippen LogP contribution is 2.46. The lowest BCUT2D eigenvalue weighted by atomic mass is 9.79. The van der Waals surface area contributed by atoms with Crippen molar-refractivity contribution in [1.82, 2.24) is 19.1 Å². The summed E-state index contributed by atoms with van der Waals surface area (Å²) in [6.45, 7) is 12.3. The molecule has 0 N–H and O–H groups in total. The molecule has 0 spiro atoms. The summed E-state index contributed by atoms with van der Waals surface area (Å²) < 4.78 is 44.1. The van der Waals surface area contributed by atoms with Gasteiger partial charge in [0.25, 0.3) is 0 Å². The zero-order chi connectivity index (χ0) is 45.8. The average molecular weight is 897 g/mol. The minimum absolute atomic E-state index is 0.367. The van der Waals surface area contributed by atoms with Crippen molar-refractivity contribution in [2.45, 2.75) is 52.7 Å². The molecule has 11 heteroatoms. The Bertz CT molecular complexity index is 3620. The largest absolute Gasteiger partial charge is 0.494 e. The molecular weight excluding hydrogens is 850 g/mol. The summed E-state index contributed by atoms with van der Waals surface area (Å²) in [4.78, 5) is 9.38. The van der Waals surface area contributed by atoms with Crippen LogP contribution in [0, 0.1) is 13.8 Å². The quantitative estimate of drug-likeness (QED) is 0.126. The second-order valence-electron chi connectivity index (χ2n) is 18.5. The molecule has 0 unspecified atom stereocenters. The van der Waals surface area contributed by atoms with Crippen LogP contribution in [-0.2, 0) is 13.9 Å². The number of aromatic nitrogens is 4. The first kappa shape index (κ1) is 41.2. The van der Waals surface area contributed by atoms with Crippen LogP contribution >= 0.6 is 7.14 Å². The summed E-state index contributed by atoms with van der Waals surface area (Å²) in [5, 5.41) is 4.65. The molecule has 5 heterocycles. The number of rotatable bonds is 5. The monoisotopic (exact) mass is 896 g/mol. The van der Waals surface area contributed by atoms with Crippen LogP contribution in [0.3, 0.4) is 0 Å². The van der Waals surface area contributed by atoms with Gasteiger partial charge in [0.2, 0.25) is 0 Å². The third-order valence-electron chi connectivity index (χ3n) is 13.8. The molecule has 67 heavy (non-hydrogen) atoms. The van der Waals surface area contributed by atoms with Gasteiger partial charge in [-0.1, -0.05) is 109 Å². The van der Waals surface area contributed by atoms with Crippen molar-refractivity contribution in [3.8, 4) is 45.5 Å². The van der Waals surface area contributed by atoms with Gasteiger partial charge in [0.05, 0.1) is 33.6 Å². The number of benzene rings is 8. The first-order valence-electron chi connectivity index (χ1n) is 22.6. The van der Waals surface area contributed by atoms with E-state index in [1.807, 2.05) is 129 Å². The van der Waals surface area contributed by atoms with E-state index in [2.05, 4.69) is 96.4 Å². The lowest BCUT2D eigenvalue weighted by molar-refractivity contribution is 0.00578. The number of para-hydroxylation sites is 2. The molecule has 13 rings (SSSR count). The van der Waals surface area contributed by atoms with Gasteiger partial charge in [0.1, 0.15) is 22.7 Å². The standard InChI is InChI=1S/C36H25N2O2P.C20H21BN2O3/c1-24-37-32-13-8-14-34-36(32)38(24)33-20-18-28(23-35(33)40-34)25-15-16-27-22-31(19-17-26(27)21-25)41(39,29-9-4-2-5-10-29)30-11-6-3-7-12-30;1-12-22-14-7-6-8-16-18(14)23(12)15-10-9-13(11-17(15)24-16)21-25-19(2,3)20(4,5)26-21/h2-23H,1H3;6-11H,1-5H3. The SMILES string of the molecule is Cc1nc2cccc3c2n1-c1ccc(-c2ccc4cc(P(=O)(c5ccccc5)c5ccccc5)ccc4c2)cc1O3.Cc1nc2cccc3c2n1-c1ccc(B2OC(C)(C)C(C)(C)O2)cc1O3. The van der Waals surface area contributed by atoms with Crippen molar-refractivity contribution < 1.29 is 23.3 Å².